The molecule has 1 aliphatic heterocycles. The maximum Gasteiger partial charge on any atom is 0.317 e. The minimum absolute atomic E-state index is 0.144. The number of cyclic esters (lactones) is 2. The van der Waals surface area contributed by atoms with Crippen LogP contribution in [0.4, 0.5) is 0 Å². The lowest BCUT2D eigenvalue weighted by atomic mass is 9.69. The molecule has 0 spiro atoms. The van der Waals surface area contributed by atoms with E-state index >= 15 is 0 Å². The zero-order valence-corrected chi connectivity index (χ0v) is 11.3. The highest BCUT2D eigenvalue weighted by Crippen LogP contribution is 2.42. The third kappa shape index (κ3) is 2.83. The van der Waals surface area contributed by atoms with Crippen molar-refractivity contribution in [2.75, 3.05) is 7.11 Å². The predicted molar refractivity (Wildman–Crippen MR) is 63.7 cm³/mol. The van der Waals surface area contributed by atoms with Gasteiger partial charge in [0.25, 0.3) is 0 Å². The molecule has 2 aliphatic rings. The first-order valence-electron chi connectivity index (χ1n) is 6.37. The van der Waals surface area contributed by atoms with Gasteiger partial charge in [-0.3, -0.25) is 14.4 Å². The standard InChI is InChI=1S/C11H12O6.C2H6/c1-16-9(13)6-3-8-7(2-5(6)4-12)10(14)17-11(8)15;1-2/h4-8H,2-3H2,1H3;1-2H3. The normalized spacial score (nSPS) is 32.6. The molecule has 0 aromatic rings. The molecule has 19 heavy (non-hydrogen) atoms. The molecule has 2 rings (SSSR count). The highest BCUT2D eigenvalue weighted by atomic mass is 16.6. The van der Waals surface area contributed by atoms with Crippen LogP contribution >= 0.6 is 0 Å². The Morgan fingerprint density at radius 2 is 1.74 bits per heavy atom. The van der Waals surface area contributed by atoms with Crippen molar-refractivity contribution in [3.63, 3.8) is 0 Å². The minimum atomic E-state index is -0.655. The Bertz CT molecular complexity index is 389. The van der Waals surface area contributed by atoms with Crippen LogP contribution in [0.25, 0.3) is 0 Å². The number of aldehydes is 1. The van der Waals surface area contributed by atoms with Gasteiger partial charge in [-0.15, -0.1) is 0 Å². The fourth-order valence-electron chi connectivity index (χ4n) is 2.58. The van der Waals surface area contributed by atoms with Crippen LogP contribution in [0.5, 0.6) is 0 Å². The maximum absolute atomic E-state index is 11.5. The number of hydrogen-bond donors (Lipinski definition) is 0. The Kier molecular flexibility index (Phi) is 5.20. The van der Waals surface area contributed by atoms with E-state index in [1.54, 1.807) is 0 Å². The van der Waals surface area contributed by atoms with Crippen LogP contribution in [-0.2, 0) is 28.7 Å². The van der Waals surface area contributed by atoms with Crippen LogP contribution in [0.1, 0.15) is 26.7 Å². The zero-order chi connectivity index (χ0) is 14.6. The average Bonchev–Trinajstić information content (AvgIpc) is 2.73. The minimum Gasteiger partial charge on any atom is -0.469 e. The summed E-state index contributed by atoms with van der Waals surface area (Å²) in [5.74, 6) is -4.14. The van der Waals surface area contributed by atoms with Gasteiger partial charge in [0.2, 0.25) is 0 Å². The monoisotopic (exact) mass is 270 g/mol. The third-order valence-corrected chi connectivity index (χ3v) is 3.52. The molecule has 1 aliphatic carbocycles. The van der Waals surface area contributed by atoms with E-state index in [1.807, 2.05) is 13.8 Å². The SMILES string of the molecule is CC.COC(=O)C1CC2C(=O)OC(=O)C2CC1C=O. The van der Waals surface area contributed by atoms with Gasteiger partial charge in [0.15, 0.2) is 0 Å². The lowest BCUT2D eigenvalue weighted by Gasteiger charge is -2.30. The van der Waals surface area contributed by atoms with Crippen molar-refractivity contribution in [2.45, 2.75) is 26.7 Å². The largest absolute Gasteiger partial charge is 0.469 e. The van der Waals surface area contributed by atoms with Crippen molar-refractivity contribution >= 4 is 24.2 Å². The Morgan fingerprint density at radius 1 is 1.21 bits per heavy atom. The summed E-state index contributed by atoms with van der Waals surface area (Å²) in [4.78, 5) is 45.2. The number of esters is 3. The lowest BCUT2D eigenvalue weighted by molar-refractivity contribution is -0.153. The van der Waals surface area contributed by atoms with Crippen LogP contribution in [0.2, 0.25) is 0 Å². The number of fused-ring (bicyclic) bond motifs is 1. The first-order chi connectivity index (χ1) is 9.08. The lowest BCUT2D eigenvalue weighted by Crippen LogP contribution is -2.38. The first kappa shape index (κ1) is 15.3. The molecule has 6 nitrogen and oxygen atoms in total. The van der Waals surface area contributed by atoms with Crippen molar-refractivity contribution in [1.82, 2.24) is 0 Å². The first-order valence-corrected chi connectivity index (χ1v) is 6.37. The summed E-state index contributed by atoms with van der Waals surface area (Å²) >= 11 is 0. The van der Waals surface area contributed by atoms with Gasteiger partial charge in [0, 0.05) is 5.92 Å². The van der Waals surface area contributed by atoms with Gasteiger partial charge >= 0.3 is 17.9 Å². The maximum atomic E-state index is 11.5. The van der Waals surface area contributed by atoms with Crippen molar-refractivity contribution < 1.29 is 28.7 Å². The van der Waals surface area contributed by atoms with E-state index in [1.165, 1.54) is 7.11 Å². The molecule has 106 valence electrons. The van der Waals surface area contributed by atoms with Crippen molar-refractivity contribution in [3.05, 3.63) is 0 Å². The van der Waals surface area contributed by atoms with E-state index in [4.69, 9.17) is 0 Å². The third-order valence-electron chi connectivity index (χ3n) is 3.52. The molecule has 0 bridgehead atoms. The van der Waals surface area contributed by atoms with E-state index in [0.29, 0.717) is 6.29 Å². The summed E-state index contributed by atoms with van der Waals surface area (Å²) < 4.78 is 9.11. The smallest absolute Gasteiger partial charge is 0.317 e. The highest BCUT2D eigenvalue weighted by Gasteiger charge is 2.52. The Balaban J connectivity index is 0.000000861. The van der Waals surface area contributed by atoms with Crippen molar-refractivity contribution in [2.24, 2.45) is 23.7 Å². The van der Waals surface area contributed by atoms with E-state index in [-0.39, 0.29) is 12.8 Å². The van der Waals surface area contributed by atoms with Crippen molar-refractivity contribution in [1.29, 1.82) is 0 Å². The molecule has 1 saturated carbocycles. The Morgan fingerprint density at radius 3 is 2.21 bits per heavy atom. The molecule has 0 aromatic carbocycles. The molecular weight excluding hydrogens is 252 g/mol. The van der Waals surface area contributed by atoms with Crippen LogP contribution in [0.3, 0.4) is 0 Å². The van der Waals surface area contributed by atoms with Gasteiger partial charge in [0.05, 0.1) is 24.9 Å². The van der Waals surface area contributed by atoms with Crippen LogP contribution in [0, 0.1) is 23.7 Å². The molecule has 6 heteroatoms. The molecule has 4 unspecified atom stereocenters. The molecule has 0 N–H and O–H groups in total. The molecule has 1 heterocycles. The second kappa shape index (κ2) is 6.45. The molecule has 1 saturated heterocycles. The van der Waals surface area contributed by atoms with Gasteiger partial charge in [-0.2, -0.15) is 0 Å². The summed E-state index contributed by atoms with van der Waals surface area (Å²) in [6, 6.07) is 0. The second-order valence-electron chi connectivity index (χ2n) is 4.35. The fourth-order valence-corrected chi connectivity index (χ4v) is 2.58. The van der Waals surface area contributed by atoms with Gasteiger partial charge in [-0.25, -0.2) is 0 Å². The topological polar surface area (TPSA) is 86.7 Å². The van der Waals surface area contributed by atoms with E-state index in [2.05, 4.69) is 9.47 Å². The Hall–Kier alpha value is -1.72. The second-order valence-corrected chi connectivity index (χ2v) is 4.35. The quantitative estimate of drug-likeness (QED) is 0.417. The summed E-state index contributed by atoms with van der Waals surface area (Å²) in [6.45, 7) is 4.00. The summed E-state index contributed by atoms with van der Waals surface area (Å²) in [5.41, 5.74) is 0. The Labute approximate surface area is 111 Å². The molecule has 4 atom stereocenters. The van der Waals surface area contributed by atoms with Crippen LogP contribution < -0.4 is 0 Å². The molecule has 2 fully saturated rings. The molecule has 0 amide bonds. The number of rotatable bonds is 2. The average molecular weight is 270 g/mol. The zero-order valence-electron chi connectivity index (χ0n) is 11.3. The molecule has 0 radical (unpaired) electrons. The molecule has 0 aromatic heterocycles. The van der Waals surface area contributed by atoms with Crippen molar-refractivity contribution in [3.8, 4) is 0 Å². The summed E-state index contributed by atoms with van der Waals surface area (Å²) in [6.07, 6.45) is 0.970. The number of methoxy groups -OCH3 is 1. The number of ether oxygens (including phenoxy) is 2. The van der Waals surface area contributed by atoms with E-state index in [9.17, 15) is 19.2 Å². The summed E-state index contributed by atoms with van der Waals surface area (Å²) in [7, 11) is 1.23. The number of hydrogen-bond acceptors (Lipinski definition) is 6. The number of carbonyl (C=O) groups excluding carboxylic acids is 4. The van der Waals surface area contributed by atoms with E-state index in [0.717, 1.165) is 0 Å². The predicted octanol–water partition coefficient (Wildman–Crippen LogP) is 0.726. The van der Waals surface area contributed by atoms with Crippen LogP contribution in [0.15, 0.2) is 0 Å². The van der Waals surface area contributed by atoms with Gasteiger partial charge in [0.1, 0.15) is 6.29 Å². The fraction of sp³-hybridized carbons (Fsp3) is 0.692. The van der Waals surface area contributed by atoms with Gasteiger partial charge in [-0.05, 0) is 12.8 Å². The summed E-state index contributed by atoms with van der Waals surface area (Å²) in [5, 5.41) is 0. The van der Waals surface area contributed by atoms with Gasteiger partial charge < -0.3 is 14.3 Å². The van der Waals surface area contributed by atoms with E-state index < -0.39 is 41.6 Å². The number of carbonyl (C=O) groups is 4. The molecular formula is C13H18O6. The van der Waals surface area contributed by atoms with Gasteiger partial charge in [-0.1, -0.05) is 13.8 Å². The van der Waals surface area contributed by atoms with Crippen LogP contribution in [-0.4, -0.2) is 31.3 Å². The highest BCUT2D eigenvalue weighted by molar-refractivity contribution is 5.97.